The lowest BCUT2D eigenvalue weighted by Crippen LogP contribution is -2.52. The predicted octanol–water partition coefficient (Wildman–Crippen LogP) is -0.312. The number of carbonyl (C=O) groups excluding carboxylic acids is 3. The van der Waals surface area contributed by atoms with Gasteiger partial charge in [-0.15, -0.1) is 0 Å². The lowest BCUT2D eigenvalue weighted by Gasteiger charge is -2.21. The van der Waals surface area contributed by atoms with E-state index >= 15 is 0 Å². The molecule has 0 aromatic heterocycles. The molecule has 0 bridgehead atoms. The number of hydrogen-bond donors (Lipinski definition) is 3. The summed E-state index contributed by atoms with van der Waals surface area (Å²) in [5, 5.41) is 7.93. The Bertz CT molecular complexity index is 327. The zero-order valence-electron chi connectivity index (χ0n) is 12.4. The molecular weight excluding hydrogens is 246 g/mol. The second-order valence-electron chi connectivity index (χ2n) is 5.16. The Morgan fingerprint density at radius 1 is 1.00 bits per heavy atom. The summed E-state index contributed by atoms with van der Waals surface area (Å²) >= 11 is 0. The molecule has 2 amide bonds. The predicted molar refractivity (Wildman–Crippen MR) is 73.6 cm³/mol. The monoisotopic (exact) mass is 271 g/mol. The zero-order chi connectivity index (χ0) is 15.0. The molecule has 0 saturated heterocycles. The molecule has 0 saturated carbocycles. The summed E-state index contributed by atoms with van der Waals surface area (Å²) in [5.74, 6) is -0.760. The lowest BCUT2D eigenvalue weighted by molar-refractivity contribution is -0.131. The number of likely N-dealkylation sites (N-methyl/N-ethyl adjacent to an activating group) is 1. The molecule has 6 nitrogen and oxygen atoms in total. The van der Waals surface area contributed by atoms with Crippen molar-refractivity contribution in [3.8, 4) is 0 Å². The topological polar surface area (TPSA) is 87.3 Å². The van der Waals surface area contributed by atoms with E-state index in [0.29, 0.717) is 0 Å². The van der Waals surface area contributed by atoms with Crippen molar-refractivity contribution in [2.75, 3.05) is 20.1 Å². The molecule has 0 rings (SSSR count). The molecule has 1 unspecified atom stereocenters. The van der Waals surface area contributed by atoms with E-state index in [4.69, 9.17) is 0 Å². The molecule has 0 aromatic rings. The highest BCUT2D eigenvalue weighted by Gasteiger charge is 2.24. The number of amides is 2. The van der Waals surface area contributed by atoms with Crippen LogP contribution in [0.3, 0.4) is 0 Å². The third-order valence-corrected chi connectivity index (χ3v) is 2.68. The van der Waals surface area contributed by atoms with Crippen molar-refractivity contribution in [2.45, 2.75) is 33.7 Å². The summed E-state index contributed by atoms with van der Waals surface area (Å²) in [7, 11) is 1.66. The quantitative estimate of drug-likeness (QED) is 0.565. The lowest BCUT2D eigenvalue weighted by atomic mass is 10.0. The summed E-state index contributed by atoms with van der Waals surface area (Å²) in [4.78, 5) is 34.9. The van der Waals surface area contributed by atoms with Gasteiger partial charge in [-0.25, -0.2) is 0 Å². The molecular formula is C13H25N3O3. The van der Waals surface area contributed by atoms with Crippen molar-refractivity contribution in [1.29, 1.82) is 0 Å². The van der Waals surface area contributed by atoms with Crippen LogP contribution in [0.5, 0.6) is 0 Å². The van der Waals surface area contributed by atoms with Crippen molar-refractivity contribution >= 4 is 17.6 Å². The molecule has 0 aliphatic heterocycles. The second kappa shape index (κ2) is 8.63. The Morgan fingerprint density at radius 3 is 2.00 bits per heavy atom. The van der Waals surface area contributed by atoms with Crippen LogP contribution in [0.2, 0.25) is 0 Å². The second-order valence-corrected chi connectivity index (χ2v) is 5.16. The van der Waals surface area contributed by atoms with Gasteiger partial charge in [-0.05, 0) is 13.0 Å². The molecule has 0 heterocycles. The number of Topliss-reactive ketones (excluding diaryl/α,β-unsaturated/α-hetero) is 1. The van der Waals surface area contributed by atoms with Crippen LogP contribution >= 0.6 is 0 Å². The molecule has 110 valence electrons. The summed E-state index contributed by atoms with van der Waals surface area (Å²) in [6.07, 6.45) is 0. The van der Waals surface area contributed by atoms with Gasteiger partial charge in [0.25, 0.3) is 0 Å². The van der Waals surface area contributed by atoms with E-state index in [2.05, 4.69) is 16.0 Å². The molecule has 0 radical (unpaired) electrons. The van der Waals surface area contributed by atoms with Gasteiger partial charge < -0.3 is 16.0 Å². The molecule has 19 heavy (non-hydrogen) atoms. The van der Waals surface area contributed by atoms with Crippen LogP contribution in [0.25, 0.3) is 0 Å². The molecule has 0 aliphatic rings. The van der Waals surface area contributed by atoms with Crippen LogP contribution in [0.15, 0.2) is 0 Å². The Balaban J connectivity index is 4.42. The van der Waals surface area contributed by atoms with Gasteiger partial charge in [-0.1, -0.05) is 27.7 Å². The number of carbonyl (C=O) groups is 3. The molecule has 1 atom stereocenters. The van der Waals surface area contributed by atoms with Gasteiger partial charge in [-0.3, -0.25) is 14.4 Å². The Morgan fingerprint density at radius 2 is 1.58 bits per heavy atom. The van der Waals surface area contributed by atoms with Crippen molar-refractivity contribution in [3.63, 3.8) is 0 Å². The zero-order valence-corrected chi connectivity index (χ0v) is 12.4. The summed E-state index contributed by atoms with van der Waals surface area (Å²) in [5.41, 5.74) is 0. The van der Waals surface area contributed by atoms with Gasteiger partial charge in [0.15, 0.2) is 5.78 Å². The molecule has 0 spiro atoms. The van der Waals surface area contributed by atoms with Crippen molar-refractivity contribution < 1.29 is 14.4 Å². The minimum Gasteiger partial charge on any atom is -0.347 e. The molecule has 0 fully saturated rings. The SMILES string of the molecule is CNCC(=O)NC(C(=O)NCC(=O)C(C)C)C(C)C. The van der Waals surface area contributed by atoms with E-state index < -0.39 is 6.04 Å². The Kier molecular flexibility index (Phi) is 7.98. The van der Waals surface area contributed by atoms with Gasteiger partial charge in [-0.2, -0.15) is 0 Å². The van der Waals surface area contributed by atoms with Gasteiger partial charge in [0.2, 0.25) is 11.8 Å². The van der Waals surface area contributed by atoms with Crippen molar-refractivity contribution in [1.82, 2.24) is 16.0 Å². The van der Waals surface area contributed by atoms with E-state index in [1.54, 1.807) is 20.9 Å². The van der Waals surface area contributed by atoms with Gasteiger partial charge in [0.05, 0.1) is 13.1 Å². The van der Waals surface area contributed by atoms with Gasteiger partial charge >= 0.3 is 0 Å². The van der Waals surface area contributed by atoms with Crippen molar-refractivity contribution in [3.05, 3.63) is 0 Å². The third kappa shape index (κ3) is 6.91. The highest BCUT2D eigenvalue weighted by molar-refractivity contribution is 5.91. The fraction of sp³-hybridized carbons (Fsp3) is 0.769. The smallest absolute Gasteiger partial charge is 0.243 e. The first-order valence-electron chi connectivity index (χ1n) is 6.54. The maximum Gasteiger partial charge on any atom is 0.243 e. The normalized spacial score (nSPS) is 12.4. The van der Waals surface area contributed by atoms with Gasteiger partial charge in [0, 0.05) is 5.92 Å². The third-order valence-electron chi connectivity index (χ3n) is 2.68. The van der Waals surface area contributed by atoms with E-state index in [1.807, 2.05) is 13.8 Å². The first kappa shape index (κ1) is 17.6. The number of nitrogens with one attached hydrogen (secondary N) is 3. The average molecular weight is 271 g/mol. The van der Waals surface area contributed by atoms with E-state index in [9.17, 15) is 14.4 Å². The van der Waals surface area contributed by atoms with Crippen LogP contribution in [0.1, 0.15) is 27.7 Å². The van der Waals surface area contributed by atoms with E-state index in [-0.39, 0.29) is 42.5 Å². The summed E-state index contributed by atoms with van der Waals surface area (Å²) < 4.78 is 0. The Labute approximate surface area is 114 Å². The molecule has 0 aliphatic carbocycles. The minimum absolute atomic E-state index is 0.00161. The first-order valence-corrected chi connectivity index (χ1v) is 6.54. The number of rotatable bonds is 8. The Hall–Kier alpha value is -1.43. The van der Waals surface area contributed by atoms with Crippen LogP contribution in [-0.2, 0) is 14.4 Å². The maximum atomic E-state index is 12.0. The molecule has 6 heteroatoms. The highest BCUT2D eigenvalue weighted by atomic mass is 16.2. The first-order chi connectivity index (χ1) is 8.79. The summed E-state index contributed by atoms with van der Waals surface area (Å²) in [6, 6.07) is -0.624. The largest absolute Gasteiger partial charge is 0.347 e. The van der Waals surface area contributed by atoms with E-state index in [0.717, 1.165) is 0 Å². The molecule has 3 N–H and O–H groups in total. The van der Waals surface area contributed by atoms with Crippen LogP contribution in [-0.4, -0.2) is 43.8 Å². The molecule has 0 aromatic carbocycles. The maximum absolute atomic E-state index is 12.0. The average Bonchev–Trinajstić information content (AvgIpc) is 2.32. The highest BCUT2D eigenvalue weighted by Crippen LogP contribution is 2.02. The number of ketones is 1. The fourth-order valence-electron chi connectivity index (χ4n) is 1.41. The van der Waals surface area contributed by atoms with Gasteiger partial charge in [0.1, 0.15) is 6.04 Å². The van der Waals surface area contributed by atoms with E-state index in [1.165, 1.54) is 0 Å². The number of hydrogen-bond acceptors (Lipinski definition) is 4. The van der Waals surface area contributed by atoms with Crippen LogP contribution < -0.4 is 16.0 Å². The van der Waals surface area contributed by atoms with Crippen LogP contribution in [0.4, 0.5) is 0 Å². The summed E-state index contributed by atoms with van der Waals surface area (Å²) in [6.45, 7) is 7.40. The van der Waals surface area contributed by atoms with Crippen molar-refractivity contribution in [2.24, 2.45) is 11.8 Å². The van der Waals surface area contributed by atoms with Crippen LogP contribution in [0, 0.1) is 11.8 Å². The minimum atomic E-state index is -0.624. The fourth-order valence-corrected chi connectivity index (χ4v) is 1.41. The standard InChI is InChI=1S/C13H25N3O3/c1-8(2)10(17)6-15-13(19)12(9(3)4)16-11(18)7-14-5/h8-9,12,14H,6-7H2,1-5H3,(H,15,19)(H,16,18).